The summed E-state index contributed by atoms with van der Waals surface area (Å²) in [4.78, 5) is 6.85. The van der Waals surface area contributed by atoms with E-state index in [9.17, 15) is 0 Å². The number of halogens is 1. The third-order valence-corrected chi connectivity index (χ3v) is 4.78. The average molecular weight is 326 g/mol. The monoisotopic (exact) mass is 325 g/mol. The molecule has 6 heteroatoms. The van der Waals surface area contributed by atoms with E-state index in [1.807, 2.05) is 24.3 Å². The quantitative estimate of drug-likeness (QED) is 0.832. The van der Waals surface area contributed by atoms with E-state index in [1.54, 1.807) is 11.8 Å². The van der Waals surface area contributed by atoms with Crippen LogP contribution in [0.2, 0.25) is 5.02 Å². The zero-order chi connectivity index (χ0) is 14.1. The molecule has 1 saturated heterocycles. The minimum Gasteiger partial charge on any atom is -0.332 e. The number of thiocarbonyl (C=S) groups is 1. The smallest absolute Gasteiger partial charge is 0.179 e. The fourth-order valence-corrected chi connectivity index (χ4v) is 3.62. The molecule has 3 nitrogen and oxygen atoms in total. The maximum atomic E-state index is 5.99. The van der Waals surface area contributed by atoms with Gasteiger partial charge in [0.1, 0.15) is 0 Å². The summed E-state index contributed by atoms with van der Waals surface area (Å²) >= 11 is 13.3. The Labute approximate surface area is 133 Å². The van der Waals surface area contributed by atoms with Crippen LogP contribution in [0.15, 0.2) is 29.3 Å². The molecule has 1 atom stereocenters. The lowest BCUT2D eigenvalue weighted by molar-refractivity contribution is 0.637. The molecule has 1 aliphatic carbocycles. The Morgan fingerprint density at radius 3 is 3.00 bits per heavy atom. The molecule has 1 saturated carbocycles. The Balaban J connectivity index is 1.72. The number of hydrogen-bond donors (Lipinski definition) is 1. The molecule has 2 aliphatic rings. The summed E-state index contributed by atoms with van der Waals surface area (Å²) in [5, 5.41) is 6.22. The van der Waals surface area contributed by atoms with E-state index in [1.165, 1.54) is 12.8 Å². The summed E-state index contributed by atoms with van der Waals surface area (Å²) in [5.41, 5.74) is 0.915. The van der Waals surface area contributed by atoms with E-state index in [-0.39, 0.29) is 0 Å². The number of nitrogens with one attached hydrogen (secondary N) is 1. The standard InChI is InChI=1S/C14H16ClN3S2/c1-9-8-18(14(20-9)17-11-5-6-11)13(19)16-12-4-2-3-10(15)7-12/h2-4,7,9,11H,5-6,8H2,1H3,(H,16,19)/b17-14+. The van der Waals surface area contributed by atoms with Gasteiger partial charge in [-0.3, -0.25) is 9.89 Å². The molecule has 1 heterocycles. The van der Waals surface area contributed by atoms with Crippen molar-refractivity contribution in [2.24, 2.45) is 4.99 Å². The van der Waals surface area contributed by atoms with Crippen LogP contribution in [-0.4, -0.2) is 33.0 Å². The summed E-state index contributed by atoms with van der Waals surface area (Å²) in [6, 6.07) is 8.11. The molecular weight excluding hydrogens is 310 g/mol. The summed E-state index contributed by atoms with van der Waals surface area (Å²) in [5.74, 6) is 0. The van der Waals surface area contributed by atoms with Crippen LogP contribution in [0.25, 0.3) is 0 Å². The molecule has 1 N–H and O–H groups in total. The first-order chi connectivity index (χ1) is 9.61. The maximum absolute atomic E-state index is 5.99. The average Bonchev–Trinajstić information content (AvgIpc) is 3.11. The molecule has 0 aromatic heterocycles. The van der Waals surface area contributed by atoms with Crippen LogP contribution in [-0.2, 0) is 0 Å². The summed E-state index contributed by atoms with van der Waals surface area (Å²) in [6.07, 6.45) is 2.42. The van der Waals surface area contributed by atoms with Gasteiger partial charge in [0, 0.05) is 22.5 Å². The van der Waals surface area contributed by atoms with Gasteiger partial charge in [0.2, 0.25) is 0 Å². The highest BCUT2D eigenvalue weighted by Crippen LogP contribution is 2.31. The van der Waals surface area contributed by atoms with Gasteiger partial charge < -0.3 is 5.32 Å². The first kappa shape index (κ1) is 14.2. The van der Waals surface area contributed by atoms with Gasteiger partial charge in [-0.05, 0) is 43.3 Å². The van der Waals surface area contributed by atoms with Crippen LogP contribution in [0.1, 0.15) is 19.8 Å². The van der Waals surface area contributed by atoms with Gasteiger partial charge in [0.05, 0.1) is 6.04 Å². The van der Waals surface area contributed by atoms with E-state index in [2.05, 4.69) is 17.1 Å². The first-order valence-electron chi connectivity index (χ1n) is 6.70. The van der Waals surface area contributed by atoms with Gasteiger partial charge in [0.15, 0.2) is 10.3 Å². The molecule has 1 aromatic rings. The Morgan fingerprint density at radius 1 is 1.50 bits per heavy atom. The van der Waals surface area contributed by atoms with Crippen molar-refractivity contribution < 1.29 is 0 Å². The highest BCUT2D eigenvalue weighted by atomic mass is 35.5. The van der Waals surface area contributed by atoms with Crippen LogP contribution in [0.5, 0.6) is 0 Å². The van der Waals surface area contributed by atoms with Crippen molar-refractivity contribution in [1.82, 2.24) is 4.90 Å². The zero-order valence-electron chi connectivity index (χ0n) is 11.2. The highest BCUT2D eigenvalue weighted by molar-refractivity contribution is 8.14. The SMILES string of the molecule is CC1CN(C(=S)Nc2cccc(Cl)c2)/C(=N\C2CC2)S1. The van der Waals surface area contributed by atoms with Gasteiger partial charge >= 0.3 is 0 Å². The Morgan fingerprint density at radius 2 is 2.30 bits per heavy atom. The van der Waals surface area contributed by atoms with E-state index in [0.717, 1.165) is 17.4 Å². The number of aliphatic imine (C=N–C) groups is 1. The number of thioether (sulfide) groups is 1. The number of hydrogen-bond acceptors (Lipinski definition) is 3. The van der Waals surface area contributed by atoms with Crippen LogP contribution < -0.4 is 5.32 Å². The molecule has 1 aliphatic heterocycles. The summed E-state index contributed by atoms with van der Waals surface area (Å²) < 4.78 is 0. The van der Waals surface area contributed by atoms with Gasteiger partial charge in [-0.1, -0.05) is 36.4 Å². The predicted octanol–water partition coefficient (Wildman–Crippen LogP) is 3.99. The van der Waals surface area contributed by atoms with Crippen molar-refractivity contribution >= 4 is 51.5 Å². The predicted molar refractivity (Wildman–Crippen MR) is 91.9 cm³/mol. The highest BCUT2D eigenvalue weighted by Gasteiger charge is 2.31. The van der Waals surface area contributed by atoms with Crippen LogP contribution in [0.3, 0.4) is 0 Å². The largest absolute Gasteiger partial charge is 0.332 e. The second-order valence-corrected chi connectivity index (χ2v) is 7.35. The lowest BCUT2D eigenvalue weighted by Crippen LogP contribution is -2.36. The lowest BCUT2D eigenvalue weighted by atomic mass is 10.3. The Bertz CT molecular complexity index is 557. The van der Waals surface area contributed by atoms with Crippen LogP contribution in [0.4, 0.5) is 5.69 Å². The van der Waals surface area contributed by atoms with Crippen molar-refractivity contribution in [3.05, 3.63) is 29.3 Å². The molecule has 3 rings (SSSR count). The van der Waals surface area contributed by atoms with E-state index in [4.69, 9.17) is 28.8 Å². The van der Waals surface area contributed by atoms with E-state index in [0.29, 0.717) is 21.4 Å². The lowest BCUT2D eigenvalue weighted by Gasteiger charge is -2.20. The van der Waals surface area contributed by atoms with Crippen molar-refractivity contribution in [1.29, 1.82) is 0 Å². The minimum absolute atomic E-state index is 0.513. The van der Waals surface area contributed by atoms with Crippen LogP contribution in [0, 0.1) is 0 Å². The summed E-state index contributed by atoms with van der Waals surface area (Å²) in [7, 11) is 0. The molecule has 0 spiro atoms. The van der Waals surface area contributed by atoms with Crippen LogP contribution >= 0.6 is 35.6 Å². The van der Waals surface area contributed by atoms with Gasteiger partial charge in [-0.2, -0.15) is 0 Å². The minimum atomic E-state index is 0.513. The van der Waals surface area contributed by atoms with Gasteiger partial charge in [0.25, 0.3) is 0 Å². The Kier molecular flexibility index (Phi) is 4.19. The topological polar surface area (TPSA) is 27.6 Å². The van der Waals surface area contributed by atoms with Crippen molar-refractivity contribution in [2.45, 2.75) is 31.1 Å². The third-order valence-electron chi connectivity index (χ3n) is 3.14. The molecule has 1 unspecified atom stereocenters. The maximum Gasteiger partial charge on any atom is 0.179 e. The van der Waals surface area contributed by atoms with E-state index >= 15 is 0 Å². The van der Waals surface area contributed by atoms with Crippen molar-refractivity contribution in [3.8, 4) is 0 Å². The van der Waals surface area contributed by atoms with Gasteiger partial charge in [-0.15, -0.1) is 0 Å². The molecular formula is C14H16ClN3S2. The van der Waals surface area contributed by atoms with Crippen molar-refractivity contribution in [2.75, 3.05) is 11.9 Å². The summed E-state index contributed by atoms with van der Waals surface area (Å²) in [6.45, 7) is 3.11. The van der Waals surface area contributed by atoms with Gasteiger partial charge in [-0.25, -0.2) is 0 Å². The fraction of sp³-hybridized carbons (Fsp3) is 0.429. The number of benzene rings is 1. The van der Waals surface area contributed by atoms with E-state index < -0.39 is 0 Å². The number of rotatable bonds is 2. The number of nitrogens with zero attached hydrogens (tertiary/aromatic N) is 2. The van der Waals surface area contributed by atoms with Crippen molar-refractivity contribution in [3.63, 3.8) is 0 Å². The molecule has 2 fully saturated rings. The molecule has 106 valence electrons. The zero-order valence-corrected chi connectivity index (χ0v) is 13.6. The molecule has 1 aromatic carbocycles. The Hall–Kier alpha value is -0.780. The normalized spacial score (nSPS) is 24.2. The first-order valence-corrected chi connectivity index (χ1v) is 8.37. The number of anilines is 1. The molecule has 20 heavy (non-hydrogen) atoms. The fourth-order valence-electron chi connectivity index (χ4n) is 2.00. The third kappa shape index (κ3) is 3.45. The second-order valence-electron chi connectivity index (χ2n) is 5.12. The molecule has 0 radical (unpaired) electrons. The number of amidine groups is 1. The molecule has 0 amide bonds. The molecule has 0 bridgehead atoms. The second kappa shape index (κ2) is 5.92.